The molecule has 1 atom stereocenters. The Morgan fingerprint density at radius 2 is 2.06 bits per heavy atom. The number of rotatable bonds is 5. The molecular formula is C16H24N2. The van der Waals surface area contributed by atoms with Gasteiger partial charge in [0, 0.05) is 25.2 Å². The Hall–Kier alpha value is -0.860. The topological polar surface area (TPSA) is 15.3 Å². The van der Waals surface area contributed by atoms with Gasteiger partial charge in [0.2, 0.25) is 0 Å². The van der Waals surface area contributed by atoms with Crippen molar-refractivity contribution < 1.29 is 0 Å². The van der Waals surface area contributed by atoms with Crippen LogP contribution < -0.4 is 5.32 Å². The van der Waals surface area contributed by atoms with Crippen LogP contribution in [0.4, 0.5) is 0 Å². The lowest BCUT2D eigenvalue weighted by atomic mass is 9.88. The highest BCUT2D eigenvalue weighted by atomic mass is 15.2. The van der Waals surface area contributed by atoms with Gasteiger partial charge < -0.3 is 10.2 Å². The fourth-order valence-electron chi connectivity index (χ4n) is 3.08. The van der Waals surface area contributed by atoms with Gasteiger partial charge in [-0.1, -0.05) is 24.3 Å². The molecule has 2 nitrogen and oxygen atoms in total. The zero-order valence-electron chi connectivity index (χ0n) is 11.4. The highest BCUT2D eigenvalue weighted by molar-refractivity contribution is 5.32. The average molecular weight is 244 g/mol. The second-order valence-electron chi connectivity index (χ2n) is 5.81. The number of nitrogens with one attached hydrogen (secondary N) is 1. The molecule has 0 amide bonds. The Bertz CT molecular complexity index is 398. The number of hydrogen-bond donors (Lipinski definition) is 1. The van der Waals surface area contributed by atoms with E-state index in [1.165, 1.54) is 44.2 Å². The molecule has 2 aliphatic rings. The van der Waals surface area contributed by atoms with Gasteiger partial charge in [-0.2, -0.15) is 0 Å². The summed E-state index contributed by atoms with van der Waals surface area (Å²) in [6.45, 7) is 2.30. The maximum atomic E-state index is 3.75. The standard InChI is InChI=1S/C16H24N2/c1-18(14-9-10-14)12-11-17-16-8-4-6-13-5-2-3-7-15(13)16/h2-3,5,7,14,16-17H,4,6,8-12H2,1H3. The largest absolute Gasteiger partial charge is 0.309 e. The van der Waals surface area contributed by atoms with Crippen LogP contribution in [0.25, 0.3) is 0 Å². The number of fused-ring (bicyclic) bond motifs is 1. The van der Waals surface area contributed by atoms with Crippen molar-refractivity contribution in [2.75, 3.05) is 20.1 Å². The molecule has 1 saturated carbocycles. The van der Waals surface area contributed by atoms with Crippen LogP contribution in [0.5, 0.6) is 0 Å². The first-order valence-electron chi connectivity index (χ1n) is 7.36. The molecule has 3 rings (SSSR count). The van der Waals surface area contributed by atoms with Gasteiger partial charge >= 0.3 is 0 Å². The smallest absolute Gasteiger partial charge is 0.0323 e. The molecule has 1 aromatic carbocycles. The second-order valence-corrected chi connectivity index (χ2v) is 5.81. The lowest BCUT2D eigenvalue weighted by molar-refractivity contribution is 0.310. The molecule has 2 heteroatoms. The quantitative estimate of drug-likeness (QED) is 0.857. The average Bonchev–Trinajstić information content (AvgIpc) is 3.23. The summed E-state index contributed by atoms with van der Waals surface area (Å²) in [4.78, 5) is 2.50. The van der Waals surface area contributed by atoms with Crippen LogP contribution in [0.3, 0.4) is 0 Å². The van der Waals surface area contributed by atoms with E-state index in [0.29, 0.717) is 6.04 Å². The van der Waals surface area contributed by atoms with Crippen LogP contribution in [0.1, 0.15) is 42.9 Å². The van der Waals surface area contributed by atoms with Gasteiger partial charge in [-0.25, -0.2) is 0 Å². The predicted octanol–water partition coefficient (Wildman–Crippen LogP) is 2.75. The van der Waals surface area contributed by atoms with Crippen LogP contribution in [0.15, 0.2) is 24.3 Å². The van der Waals surface area contributed by atoms with Crippen molar-refractivity contribution in [1.82, 2.24) is 10.2 Å². The molecule has 1 unspecified atom stereocenters. The van der Waals surface area contributed by atoms with Gasteiger partial charge in [-0.15, -0.1) is 0 Å². The Balaban J connectivity index is 1.53. The number of aryl methyl sites for hydroxylation is 1. The minimum absolute atomic E-state index is 0.586. The van der Waals surface area contributed by atoms with Gasteiger partial charge in [0.05, 0.1) is 0 Å². The maximum absolute atomic E-state index is 3.75. The molecule has 98 valence electrons. The molecule has 0 spiro atoms. The van der Waals surface area contributed by atoms with Crippen LogP contribution >= 0.6 is 0 Å². The lowest BCUT2D eigenvalue weighted by Crippen LogP contribution is -2.34. The third-order valence-corrected chi connectivity index (χ3v) is 4.39. The van der Waals surface area contributed by atoms with Gasteiger partial charge in [0.15, 0.2) is 0 Å². The summed E-state index contributed by atoms with van der Waals surface area (Å²) in [5, 5.41) is 3.75. The SMILES string of the molecule is CN(CCNC1CCCc2ccccc21)C1CC1. The van der Waals surface area contributed by atoms with Crippen molar-refractivity contribution in [3.05, 3.63) is 35.4 Å². The molecule has 0 aliphatic heterocycles. The van der Waals surface area contributed by atoms with Gasteiger partial charge in [-0.3, -0.25) is 0 Å². The summed E-state index contributed by atoms with van der Waals surface area (Å²) in [6, 6.07) is 10.4. The zero-order valence-corrected chi connectivity index (χ0v) is 11.4. The summed E-state index contributed by atoms with van der Waals surface area (Å²) in [5.41, 5.74) is 3.09. The molecule has 0 saturated heterocycles. The predicted molar refractivity (Wildman–Crippen MR) is 75.8 cm³/mol. The maximum Gasteiger partial charge on any atom is 0.0323 e. The van der Waals surface area contributed by atoms with E-state index in [1.54, 1.807) is 5.56 Å². The molecule has 0 bridgehead atoms. The molecule has 1 aromatic rings. The Labute approximate surface area is 110 Å². The van der Waals surface area contributed by atoms with Crippen LogP contribution in [0, 0.1) is 0 Å². The number of likely N-dealkylation sites (N-methyl/N-ethyl adjacent to an activating group) is 1. The summed E-state index contributed by atoms with van der Waals surface area (Å²) in [7, 11) is 2.26. The number of hydrogen-bond acceptors (Lipinski definition) is 2. The van der Waals surface area contributed by atoms with E-state index in [0.717, 1.165) is 12.6 Å². The van der Waals surface area contributed by atoms with E-state index < -0.39 is 0 Å². The van der Waals surface area contributed by atoms with Crippen LogP contribution in [-0.2, 0) is 6.42 Å². The number of benzene rings is 1. The van der Waals surface area contributed by atoms with Crippen molar-refractivity contribution in [3.8, 4) is 0 Å². The normalized spacial score (nSPS) is 23.1. The van der Waals surface area contributed by atoms with E-state index >= 15 is 0 Å². The zero-order chi connectivity index (χ0) is 12.4. The molecular weight excluding hydrogens is 220 g/mol. The van der Waals surface area contributed by atoms with Crippen LogP contribution in [0.2, 0.25) is 0 Å². The van der Waals surface area contributed by atoms with Crippen LogP contribution in [-0.4, -0.2) is 31.1 Å². The third kappa shape index (κ3) is 2.76. The summed E-state index contributed by atoms with van der Waals surface area (Å²) in [6.07, 6.45) is 6.69. The minimum Gasteiger partial charge on any atom is -0.309 e. The fourth-order valence-corrected chi connectivity index (χ4v) is 3.08. The van der Waals surface area contributed by atoms with Crippen molar-refractivity contribution in [1.29, 1.82) is 0 Å². The molecule has 1 N–H and O–H groups in total. The highest BCUT2D eigenvalue weighted by Crippen LogP contribution is 2.29. The summed E-state index contributed by atoms with van der Waals surface area (Å²) < 4.78 is 0. The first-order chi connectivity index (χ1) is 8.84. The second kappa shape index (κ2) is 5.41. The highest BCUT2D eigenvalue weighted by Gasteiger charge is 2.26. The minimum atomic E-state index is 0.586. The van der Waals surface area contributed by atoms with Crippen molar-refractivity contribution >= 4 is 0 Å². The van der Waals surface area contributed by atoms with Gasteiger partial charge in [0.1, 0.15) is 0 Å². The first-order valence-corrected chi connectivity index (χ1v) is 7.36. The first kappa shape index (κ1) is 12.2. The molecule has 1 fully saturated rings. The monoisotopic (exact) mass is 244 g/mol. The van der Waals surface area contributed by atoms with Crippen molar-refractivity contribution in [2.24, 2.45) is 0 Å². The van der Waals surface area contributed by atoms with Crippen molar-refractivity contribution in [2.45, 2.75) is 44.2 Å². The molecule has 0 radical (unpaired) electrons. The summed E-state index contributed by atoms with van der Waals surface area (Å²) >= 11 is 0. The van der Waals surface area contributed by atoms with E-state index in [9.17, 15) is 0 Å². The molecule has 18 heavy (non-hydrogen) atoms. The molecule has 2 aliphatic carbocycles. The number of nitrogens with zero attached hydrogens (tertiary/aromatic N) is 1. The van der Waals surface area contributed by atoms with E-state index in [4.69, 9.17) is 0 Å². The van der Waals surface area contributed by atoms with Gasteiger partial charge in [0.25, 0.3) is 0 Å². The Morgan fingerprint density at radius 3 is 2.89 bits per heavy atom. The Kier molecular flexibility index (Phi) is 3.67. The fraction of sp³-hybridized carbons (Fsp3) is 0.625. The van der Waals surface area contributed by atoms with Gasteiger partial charge in [-0.05, 0) is 50.3 Å². The Morgan fingerprint density at radius 1 is 1.22 bits per heavy atom. The lowest BCUT2D eigenvalue weighted by Gasteiger charge is -2.27. The van der Waals surface area contributed by atoms with E-state index in [-0.39, 0.29) is 0 Å². The van der Waals surface area contributed by atoms with E-state index in [1.807, 2.05) is 0 Å². The molecule has 0 heterocycles. The summed E-state index contributed by atoms with van der Waals surface area (Å²) in [5.74, 6) is 0. The van der Waals surface area contributed by atoms with Crippen molar-refractivity contribution in [3.63, 3.8) is 0 Å². The third-order valence-electron chi connectivity index (χ3n) is 4.39. The molecule has 0 aromatic heterocycles. The van der Waals surface area contributed by atoms with E-state index in [2.05, 4.69) is 41.5 Å².